The van der Waals surface area contributed by atoms with E-state index in [1.165, 1.54) is 5.56 Å². The molecule has 0 saturated carbocycles. The third-order valence-electron chi connectivity index (χ3n) is 4.93. The van der Waals surface area contributed by atoms with Crippen molar-refractivity contribution in [1.29, 1.82) is 0 Å². The molecule has 158 valence electrons. The summed E-state index contributed by atoms with van der Waals surface area (Å²) in [6, 6.07) is 10.0. The summed E-state index contributed by atoms with van der Waals surface area (Å²) >= 11 is 0. The first-order valence-corrected chi connectivity index (χ1v) is 10.1. The van der Waals surface area contributed by atoms with Gasteiger partial charge in [-0.3, -0.25) is 0 Å². The van der Waals surface area contributed by atoms with Crippen LogP contribution in [0.2, 0.25) is 0 Å². The maximum atomic E-state index is 5.81. The number of anilines is 1. The zero-order valence-corrected chi connectivity index (χ0v) is 17.9. The van der Waals surface area contributed by atoms with Crippen LogP contribution in [0.3, 0.4) is 0 Å². The van der Waals surface area contributed by atoms with Gasteiger partial charge < -0.3 is 18.9 Å². The minimum absolute atomic E-state index is 0.102. The number of benzene rings is 1. The summed E-state index contributed by atoms with van der Waals surface area (Å²) in [5, 5.41) is 4.08. The summed E-state index contributed by atoms with van der Waals surface area (Å²) in [6.07, 6.45) is 0. The Morgan fingerprint density at radius 1 is 1.03 bits per heavy atom. The van der Waals surface area contributed by atoms with Gasteiger partial charge in [0.25, 0.3) is 5.89 Å². The molecule has 1 aliphatic rings. The Kier molecular flexibility index (Phi) is 5.67. The molecule has 0 aliphatic carbocycles. The lowest BCUT2D eigenvalue weighted by atomic mass is 9.87. The smallest absolute Gasteiger partial charge is 0.264 e. The topological polar surface area (TPSA) is 86.4 Å². The largest absolute Gasteiger partial charge is 0.467 e. The van der Waals surface area contributed by atoms with Crippen LogP contribution in [-0.4, -0.2) is 46.4 Å². The molecule has 0 spiro atoms. The molecule has 0 N–H and O–H groups in total. The Morgan fingerprint density at radius 2 is 1.77 bits per heavy atom. The lowest BCUT2D eigenvalue weighted by molar-refractivity contribution is 0.122. The van der Waals surface area contributed by atoms with Gasteiger partial charge in [-0.15, -0.1) is 0 Å². The van der Waals surface area contributed by atoms with E-state index >= 15 is 0 Å². The molecule has 0 radical (unpaired) electrons. The highest BCUT2D eigenvalue weighted by atomic mass is 16.5. The Morgan fingerprint density at radius 3 is 2.47 bits per heavy atom. The van der Waals surface area contributed by atoms with Gasteiger partial charge in [-0.05, 0) is 17.9 Å². The second kappa shape index (κ2) is 8.39. The average molecular weight is 409 g/mol. The molecule has 2 aromatic heterocycles. The van der Waals surface area contributed by atoms with E-state index in [0.29, 0.717) is 36.8 Å². The summed E-state index contributed by atoms with van der Waals surface area (Å²) in [7, 11) is 0. The van der Waals surface area contributed by atoms with E-state index < -0.39 is 0 Å². The first kappa shape index (κ1) is 20.3. The minimum Gasteiger partial charge on any atom is -0.467 e. The van der Waals surface area contributed by atoms with Gasteiger partial charge in [0, 0.05) is 30.4 Å². The highest BCUT2D eigenvalue weighted by Crippen LogP contribution is 2.25. The van der Waals surface area contributed by atoms with Crippen molar-refractivity contribution < 1.29 is 14.0 Å². The van der Waals surface area contributed by atoms with Gasteiger partial charge in [0.15, 0.2) is 6.61 Å². The van der Waals surface area contributed by atoms with Gasteiger partial charge in [-0.1, -0.05) is 50.2 Å². The lowest BCUT2D eigenvalue weighted by Gasteiger charge is -2.27. The molecule has 1 aliphatic heterocycles. The second-order valence-corrected chi connectivity index (χ2v) is 8.37. The van der Waals surface area contributed by atoms with E-state index in [1.807, 2.05) is 19.1 Å². The fourth-order valence-electron chi connectivity index (χ4n) is 3.19. The summed E-state index contributed by atoms with van der Waals surface area (Å²) < 4.78 is 16.6. The van der Waals surface area contributed by atoms with Crippen LogP contribution in [0.15, 0.2) is 34.9 Å². The maximum Gasteiger partial charge on any atom is 0.264 e. The molecule has 0 amide bonds. The highest BCUT2D eigenvalue weighted by molar-refractivity contribution is 5.55. The highest BCUT2D eigenvalue weighted by Gasteiger charge is 2.17. The molecular formula is C22H27N5O3. The average Bonchev–Trinajstić information content (AvgIpc) is 3.21. The standard InChI is InChI=1S/C22H27N5O3/c1-15-13-18(25-21(23-15)27-9-11-28-12-10-27)29-14-19-24-20(26-30-19)16-5-7-17(8-6-16)22(2,3)4/h5-8,13H,9-12,14H2,1-4H3. The van der Waals surface area contributed by atoms with E-state index in [9.17, 15) is 0 Å². The van der Waals surface area contributed by atoms with Crippen molar-refractivity contribution in [2.24, 2.45) is 0 Å². The molecule has 8 heteroatoms. The molecule has 1 saturated heterocycles. The Balaban J connectivity index is 1.43. The van der Waals surface area contributed by atoms with Gasteiger partial charge in [-0.25, -0.2) is 4.98 Å². The third-order valence-corrected chi connectivity index (χ3v) is 4.93. The number of nitrogens with zero attached hydrogens (tertiary/aromatic N) is 5. The van der Waals surface area contributed by atoms with Gasteiger partial charge in [-0.2, -0.15) is 9.97 Å². The predicted molar refractivity (Wildman–Crippen MR) is 113 cm³/mol. The molecule has 0 unspecified atom stereocenters. The van der Waals surface area contributed by atoms with Crippen LogP contribution in [0.5, 0.6) is 5.88 Å². The number of rotatable bonds is 5. The summed E-state index contributed by atoms with van der Waals surface area (Å²) in [6.45, 7) is 11.5. The molecule has 0 bridgehead atoms. The van der Waals surface area contributed by atoms with Crippen molar-refractivity contribution in [3.8, 4) is 17.3 Å². The second-order valence-electron chi connectivity index (χ2n) is 8.37. The molecule has 8 nitrogen and oxygen atoms in total. The lowest BCUT2D eigenvalue weighted by Crippen LogP contribution is -2.37. The molecule has 3 aromatic rings. The first-order valence-electron chi connectivity index (χ1n) is 10.1. The maximum absolute atomic E-state index is 5.81. The van der Waals surface area contributed by atoms with Gasteiger partial charge in [0.05, 0.1) is 13.2 Å². The molecular weight excluding hydrogens is 382 g/mol. The monoisotopic (exact) mass is 409 g/mol. The van der Waals surface area contributed by atoms with Crippen LogP contribution in [-0.2, 0) is 16.8 Å². The zero-order chi connectivity index (χ0) is 21.1. The zero-order valence-electron chi connectivity index (χ0n) is 17.9. The number of morpholine rings is 1. The van der Waals surface area contributed by atoms with Crippen molar-refractivity contribution in [2.45, 2.75) is 39.7 Å². The van der Waals surface area contributed by atoms with Crippen molar-refractivity contribution >= 4 is 5.95 Å². The van der Waals surface area contributed by atoms with Crippen molar-refractivity contribution in [2.75, 3.05) is 31.2 Å². The minimum atomic E-state index is 0.102. The van der Waals surface area contributed by atoms with Crippen LogP contribution >= 0.6 is 0 Å². The molecule has 1 fully saturated rings. The van der Waals surface area contributed by atoms with E-state index in [0.717, 1.165) is 24.3 Å². The van der Waals surface area contributed by atoms with Crippen molar-refractivity contribution in [1.82, 2.24) is 20.1 Å². The predicted octanol–water partition coefficient (Wildman–Crippen LogP) is 3.55. The number of aryl methyl sites for hydroxylation is 1. The fourth-order valence-corrected chi connectivity index (χ4v) is 3.19. The van der Waals surface area contributed by atoms with Crippen molar-refractivity contribution in [3.63, 3.8) is 0 Å². The molecule has 0 atom stereocenters. The van der Waals surface area contributed by atoms with Crippen molar-refractivity contribution in [3.05, 3.63) is 47.5 Å². The SMILES string of the molecule is Cc1cc(OCc2nc(-c3ccc(C(C)(C)C)cc3)no2)nc(N2CCOCC2)n1. The number of ether oxygens (including phenoxy) is 2. The van der Waals surface area contributed by atoms with Crippen LogP contribution < -0.4 is 9.64 Å². The number of aromatic nitrogens is 4. The van der Waals surface area contributed by atoms with Crippen LogP contribution in [0.25, 0.3) is 11.4 Å². The van der Waals surface area contributed by atoms with Crippen LogP contribution in [0.1, 0.15) is 37.9 Å². The first-order chi connectivity index (χ1) is 14.4. The molecule has 1 aromatic carbocycles. The Hall–Kier alpha value is -3.00. The van der Waals surface area contributed by atoms with Crippen LogP contribution in [0, 0.1) is 6.92 Å². The Labute approximate surface area is 176 Å². The van der Waals surface area contributed by atoms with Crippen LogP contribution in [0.4, 0.5) is 5.95 Å². The fraction of sp³-hybridized carbons (Fsp3) is 0.455. The number of hydrogen-bond donors (Lipinski definition) is 0. The summed E-state index contributed by atoms with van der Waals surface area (Å²) in [5.41, 5.74) is 3.11. The molecule has 30 heavy (non-hydrogen) atoms. The summed E-state index contributed by atoms with van der Waals surface area (Å²) in [4.78, 5) is 15.6. The van der Waals surface area contributed by atoms with E-state index in [4.69, 9.17) is 14.0 Å². The van der Waals surface area contributed by atoms with Gasteiger partial charge in [0.1, 0.15) is 0 Å². The van der Waals surface area contributed by atoms with E-state index in [2.05, 4.69) is 57.9 Å². The summed E-state index contributed by atoms with van der Waals surface area (Å²) in [5.74, 6) is 2.08. The number of hydrogen-bond acceptors (Lipinski definition) is 8. The van der Waals surface area contributed by atoms with Gasteiger partial charge in [0.2, 0.25) is 17.7 Å². The molecule has 4 rings (SSSR count). The normalized spacial score (nSPS) is 14.7. The van der Waals surface area contributed by atoms with Gasteiger partial charge >= 0.3 is 0 Å². The quantitative estimate of drug-likeness (QED) is 0.632. The van der Waals surface area contributed by atoms with E-state index in [1.54, 1.807) is 6.07 Å². The molecule has 3 heterocycles. The van der Waals surface area contributed by atoms with E-state index in [-0.39, 0.29) is 12.0 Å². The Bertz CT molecular complexity index is 989. The third kappa shape index (κ3) is 4.76.